The van der Waals surface area contributed by atoms with Crippen LogP contribution in [0.15, 0.2) is 24.3 Å². The molecule has 2 atom stereocenters. The smallest absolute Gasteiger partial charge is 0.411 e. The standard InChI is InChI=1S/C15H16F3NO4/c1-9(23-8-15(16,17)18)13(20)19-7-11-5-3-2-4-10(11)6-12(19)14(21)22/h2-5,9,12H,6-8H2,1H3,(H,21,22)/t9-,12-/m0/s1. The molecule has 8 heteroatoms. The van der Waals surface area contributed by atoms with E-state index in [0.717, 1.165) is 16.0 Å². The van der Waals surface area contributed by atoms with E-state index in [0.29, 0.717) is 0 Å². The number of carbonyl (C=O) groups is 2. The van der Waals surface area contributed by atoms with E-state index in [4.69, 9.17) is 0 Å². The molecule has 5 nitrogen and oxygen atoms in total. The van der Waals surface area contributed by atoms with Gasteiger partial charge in [-0.05, 0) is 18.1 Å². The van der Waals surface area contributed by atoms with Crippen molar-refractivity contribution in [2.75, 3.05) is 6.61 Å². The number of fused-ring (bicyclic) bond motifs is 1. The number of nitrogens with zero attached hydrogens (tertiary/aromatic N) is 1. The van der Waals surface area contributed by atoms with Gasteiger partial charge in [-0.25, -0.2) is 4.79 Å². The largest absolute Gasteiger partial charge is 0.480 e. The van der Waals surface area contributed by atoms with Crippen LogP contribution in [0.1, 0.15) is 18.1 Å². The van der Waals surface area contributed by atoms with E-state index in [1.165, 1.54) is 6.92 Å². The summed E-state index contributed by atoms with van der Waals surface area (Å²) < 4.78 is 41.1. The summed E-state index contributed by atoms with van der Waals surface area (Å²) in [5.74, 6) is -1.97. The molecule has 0 unspecified atom stereocenters. The van der Waals surface area contributed by atoms with Gasteiger partial charge in [-0.15, -0.1) is 0 Å². The fourth-order valence-corrected chi connectivity index (χ4v) is 2.50. The number of halogens is 3. The molecule has 0 fully saturated rings. The van der Waals surface area contributed by atoms with Crippen LogP contribution < -0.4 is 0 Å². The van der Waals surface area contributed by atoms with Crippen molar-refractivity contribution >= 4 is 11.9 Å². The first-order valence-corrected chi connectivity index (χ1v) is 6.97. The zero-order valence-corrected chi connectivity index (χ0v) is 12.3. The summed E-state index contributed by atoms with van der Waals surface area (Å²) in [5.41, 5.74) is 1.59. The second-order valence-electron chi connectivity index (χ2n) is 5.36. The Morgan fingerprint density at radius 1 is 1.35 bits per heavy atom. The first kappa shape index (κ1) is 17.3. The predicted octanol–water partition coefficient (Wildman–Crippen LogP) is 1.99. The minimum absolute atomic E-state index is 0.0334. The van der Waals surface area contributed by atoms with Gasteiger partial charge in [0.1, 0.15) is 18.8 Å². The molecule has 1 aliphatic rings. The predicted molar refractivity (Wildman–Crippen MR) is 73.6 cm³/mol. The Morgan fingerprint density at radius 2 is 1.96 bits per heavy atom. The lowest BCUT2D eigenvalue weighted by Crippen LogP contribution is -2.52. The highest BCUT2D eigenvalue weighted by atomic mass is 19.4. The topological polar surface area (TPSA) is 66.8 Å². The monoisotopic (exact) mass is 331 g/mol. The normalized spacial score (nSPS) is 19.1. The maximum absolute atomic E-state index is 12.3. The summed E-state index contributed by atoms with van der Waals surface area (Å²) in [7, 11) is 0. The van der Waals surface area contributed by atoms with Crippen molar-refractivity contribution in [3.63, 3.8) is 0 Å². The number of benzene rings is 1. The lowest BCUT2D eigenvalue weighted by Gasteiger charge is -2.35. The van der Waals surface area contributed by atoms with Crippen LogP contribution in [0.4, 0.5) is 13.2 Å². The molecule has 0 radical (unpaired) electrons. The zero-order valence-electron chi connectivity index (χ0n) is 12.3. The number of alkyl halides is 3. The van der Waals surface area contributed by atoms with E-state index in [9.17, 15) is 27.9 Å². The second-order valence-corrected chi connectivity index (χ2v) is 5.36. The van der Waals surface area contributed by atoms with Crippen molar-refractivity contribution in [2.45, 2.75) is 38.2 Å². The molecule has 1 amide bonds. The van der Waals surface area contributed by atoms with Gasteiger partial charge in [0.25, 0.3) is 5.91 Å². The van der Waals surface area contributed by atoms with Crippen molar-refractivity contribution in [3.8, 4) is 0 Å². The van der Waals surface area contributed by atoms with Crippen molar-refractivity contribution in [1.29, 1.82) is 0 Å². The number of aliphatic carboxylic acids is 1. The third kappa shape index (κ3) is 4.22. The lowest BCUT2D eigenvalue weighted by atomic mass is 9.93. The van der Waals surface area contributed by atoms with E-state index in [-0.39, 0.29) is 13.0 Å². The Bertz CT molecular complexity index is 603. The third-order valence-corrected chi connectivity index (χ3v) is 3.66. The molecule has 1 aromatic carbocycles. The van der Waals surface area contributed by atoms with Crippen molar-refractivity contribution in [2.24, 2.45) is 0 Å². The number of carbonyl (C=O) groups excluding carboxylic acids is 1. The molecular formula is C15H16F3NO4. The molecule has 1 aliphatic heterocycles. The van der Waals surface area contributed by atoms with Crippen LogP contribution in [-0.2, 0) is 27.3 Å². The van der Waals surface area contributed by atoms with Crippen LogP contribution >= 0.6 is 0 Å². The molecule has 0 spiro atoms. The Kier molecular flexibility index (Phi) is 4.93. The Labute approximate surface area is 130 Å². The fourth-order valence-electron chi connectivity index (χ4n) is 2.50. The summed E-state index contributed by atoms with van der Waals surface area (Å²) in [6.45, 7) is -0.332. The van der Waals surface area contributed by atoms with Gasteiger partial charge in [0, 0.05) is 13.0 Å². The van der Waals surface area contributed by atoms with Crippen LogP contribution in [0, 0.1) is 0 Å². The summed E-state index contributed by atoms with van der Waals surface area (Å²) >= 11 is 0. The number of carboxylic acid groups (broad SMARTS) is 1. The Morgan fingerprint density at radius 3 is 2.52 bits per heavy atom. The summed E-state index contributed by atoms with van der Waals surface area (Å²) in [5, 5.41) is 9.31. The van der Waals surface area contributed by atoms with Gasteiger partial charge < -0.3 is 14.7 Å². The number of hydrogen-bond acceptors (Lipinski definition) is 3. The Balaban J connectivity index is 2.15. The quantitative estimate of drug-likeness (QED) is 0.916. The maximum Gasteiger partial charge on any atom is 0.411 e. The van der Waals surface area contributed by atoms with Crippen LogP contribution in [0.5, 0.6) is 0 Å². The van der Waals surface area contributed by atoms with Gasteiger partial charge >= 0.3 is 12.1 Å². The van der Waals surface area contributed by atoms with E-state index in [2.05, 4.69) is 4.74 Å². The molecule has 0 saturated heterocycles. The van der Waals surface area contributed by atoms with Gasteiger partial charge in [0.05, 0.1) is 0 Å². The Hall–Kier alpha value is -2.09. The summed E-state index contributed by atoms with van der Waals surface area (Å²) in [6.07, 6.45) is -5.80. The van der Waals surface area contributed by atoms with Crippen LogP contribution in [-0.4, -0.2) is 46.8 Å². The zero-order chi connectivity index (χ0) is 17.2. The van der Waals surface area contributed by atoms with Gasteiger partial charge in [0.15, 0.2) is 0 Å². The molecule has 1 heterocycles. The molecule has 1 aromatic rings. The van der Waals surface area contributed by atoms with E-state index >= 15 is 0 Å². The first-order valence-electron chi connectivity index (χ1n) is 6.97. The van der Waals surface area contributed by atoms with E-state index in [1.54, 1.807) is 24.3 Å². The minimum Gasteiger partial charge on any atom is -0.480 e. The second kappa shape index (κ2) is 6.57. The average Bonchev–Trinajstić information content (AvgIpc) is 2.49. The summed E-state index contributed by atoms with van der Waals surface area (Å²) in [4.78, 5) is 24.8. The maximum atomic E-state index is 12.3. The van der Waals surface area contributed by atoms with Gasteiger partial charge in [-0.3, -0.25) is 4.79 Å². The number of carboxylic acids is 1. The molecule has 0 aliphatic carbocycles. The lowest BCUT2D eigenvalue weighted by molar-refractivity contribution is -0.190. The number of amides is 1. The molecule has 126 valence electrons. The van der Waals surface area contributed by atoms with Gasteiger partial charge in [-0.2, -0.15) is 13.2 Å². The molecule has 0 aromatic heterocycles. The third-order valence-electron chi connectivity index (χ3n) is 3.66. The van der Waals surface area contributed by atoms with Crippen molar-refractivity contribution in [1.82, 2.24) is 4.90 Å². The van der Waals surface area contributed by atoms with E-state index in [1.807, 2.05) is 0 Å². The van der Waals surface area contributed by atoms with Crippen LogP contribution in [0.2, 0.25) is 0 Å². The number of ether oxygens (including phenoxy) is 1. The molecule has 23 heavy (non-hydrogen) atoms. The van der Waals surface area contributed by atoms with Gasteiger partial charge in [-0.1, -0.05) is 24.3 Å². The minimum atomic E-state index is -4.55. The molecule has 2 rings (SSSR count). The molecule has 0 bridgehead atoms. The molecule has 1 N–H and O–H groups in total. The van der Waals surface area contributed by atoms with E-state index < -0.39 is 36.8 Å². The number of rotatable bonds is 4. The SMILES string of the molecule is C[C@H](OCC(F)(F)F)C(=O)N1Cc2ccccc2C[C@H]1C(=O)O. The van der Waals surface area contributed by atoms with Crippen molar-refractivity contribution in [3.05, 3.63) is 35.4 Å². The highest BCUT2D eigenvalue weighted by Gasteiger charge is 2.37. The molecule has 0 saturated carbocycles. The molecular weight excluding hydrogens is 315 g/mol. The van der Waals surface area contributed by atoms with Gasteiger partial charge in [0.2, 0.25) is 0 Å². The average molecular weight is 331 g/mol. The summed E-state index contributed by atoms with van der Waals surface area (Å²) in [6, 6.07) is 5.94. The number of hydrogen-bond donors (Lipinski definition) is 1. The highest BCUT2D eigenvalue weighted by Crippen LogP contribution is 2.25. The first-order chi connectivity index (χ1) is 10.7. The highest BCUT2D eigenvalue weighted by molar-refractivity contribution is 5.87. The van der Waals surface area contributed by atoms with Crippen LogP contribution in [0.25, 0.3) is 0 Å². The van der Waals surface area contributed by atoms with Crippen LogP contribution in [0.3, 0.4) is 0 Å². The van der Waals surface area contributed by atoms with Crippen molar-refractivity contribution < 1.29 is 32.6 Å². The fraction of sp³-hybridized carbons (Fsp3) is 0.467.